The van der Waals surface area contributed by atoms with Gasteiger partial charge in [0, 0.05) is 6.92 Å². The van der Waals surface area contributed by atoms with E-state index in [0.717, 1.165) is 11.6 Å². The van der Waals surface area contributed by atoms with E-state index in [1.54, 1.807) is 6.07 Å². The molecular formula is C11H13F3. The van der Waals surface area contributed by atoms with Crippen LogP contribution in [0.2, 0.25) is 0 Å². The molecule has 0 aliphatic carbocycles. The van der Waals surface area contributed by atoms with Crippen LogP contribution in [0.25, 0.3) is 0 Å². The van der Waals surface area contributed by atoms with Crippen molar-refractivity contribution in [1.29, 1.82) is 0 Å². The Morgan fingerprint density at radius 2 is 1.79 bits per heavy atom. The summed E-state index contributed by atoms with van der Waals surface area (Å²) in [6, 6.07) is 3.88. The molecular weight excluding hydrogens is 189 g/mol. The topological polar surface area (TPSA) is 0 Å². The number of hydrogen-bond acceptors (Lipinski definition) is 0. The van der Waals surface area contributed by atoms with Gasteiger partial charge in [-0.05, 0) is 23.6 Å². The molecule has 0 aromatic heterocycles. The van der Waals surface area contributed by atoms with E-state index in [1.807, 2.05) is 13.8 Å². The molecule has 0 saturated carbocycles. The van der Waals surface area contributed by atoms with Crippen LogP contribution in [0.5, 0.6) is 0 Å². The first-order valence-electron chi connectivity index (χ1n) is 4.50. The van der Waals surface area contributed by atoms with Crippen molar-refractivity contribution in [1.82, 2.24) is 0 Å². The molecule has 0 aliphatic heterocycles. The summed E-state index contributed by atoms with van der Waals surface area (Å²) in [5.41, 5.74) is 0.192. The van der Waals surface area contributed by atoms with E-state index in [1.165, 1.54) is 6.07 Å². The van der Waals surface area contributed by atoms with Gasteiger partial charge in [0.2, 0.25) is 0 Å². The highest BCUT2D eigenvalue weighted by molar-refractivity contribution is 5.28. The summed E-state index contributed by atoms with van der Waals surface area (Å²) in [4.78, 5) is 0. The molecule has 0 N–H and O–H groups in total. The largest absolute Gasteiger partial charge is 0.273 e. The lowest BCUT2D eigenvalue weighted by Crippen LogP contribution is -2.10. The zero-order valence-electron chi connectivity index (χ0n) is 8.44. The lowest BCUT2D eigenvalue weighted by atomic mass is 9.99. The van der Waals surface area contributed by atoms with E-state index in [2.05, 4.69) is 0 Å². The second-order valence-electron chi connectivity index (χ2n) is 3.78. The minimum absolute atomic E-state index is 0.143. The van der Waals surface area contributed by atoms with Crippen molar-refractivity contribution in [2.45, 2.75) is 32.6 Å². The van der Waals surface area contributed by atoms with Gasteiger partial charge in [-0.15, -0.1) is 0 Å². The van der Waals surface area contributed by atoms with E-state index < -0.39 is 17.3 Å². The van der Waals surface area contributed by atoms with Crippen molar-refractivity contribution >= 4 is 0 Å². The molecule has 0 bridgehead atoms. The maximum Gasteiger partial charge on any atom is 0.273 e. The Morgan fingerprint density at radius 1 is 1.21 bits per heavy atom. The summed E-state index contributed by atoms with van der Waals surface area (Å²) < 4.78 is 38.8. The van der Waals surface area contributed by atoms with Gasteiger partial charge in [0.1, 0.15) is 5.82 Å². The molecule has 0 unspecified atom stereocenters. The van der Waals surface area contributed by atoms with Crippen LogP contribution in [0.15, 0.2) is 18.2 Å². The van der Waals surface area contributed by atoms with Crippen LogP contribution in [0, 0.1) is 5.82 Å². The Labute approximate surface area is 81.8 Å². The van der Waals surface area contributed by atoms with Crippen LogP contribution >= 0.6 is 0 Å². The molecule has 0 spiro atoms. The summed E-state index contributed by atoms with van der Waals surface area (Å²) in [5.74, 6) is -3.80. The molecule has 0 fully saturated rings. The Kier molecular flexibility index (Phi) is 2.88. The fourth-order valence-electron chi connectivity index (χ4n) is 1.25. The Bertz CT molecular complexity index is 324. The van der Waals surface area contributed by atoms with Crippen molar-refractivity contribution in [3.63, 3.8) is 0 Å². The Morgan fingerprint density at radius 3 is 2.14 bits per heavy atom. The van der Waals surface area contributed by atoms with Crippen LogP contribution < -0.4 is 0 Å². The number of halogens is 3. The van der Waals surface area contributed by atoms with E-state index in [4.69, 9.17) is 0 Å². The maximum absolute atomic E-state index is 13.2. The lowest BCUT2D eigenvalue weighted by molar-refractivity contribution is 0.0137. The quantitative estimate of drug-likeness (QED) is 0.678. The molecule has 0 atom stereocenters. The van der Waals surface area contributed by atoms with Gasteiger partial charge < -0.3 is 0 Å². The van der Waals surface area contributed by atoms with Crippen molar-refractivity contribution in [3.05, 3.63) is 35.1 Å². The molecule has 78 valence electrons. The van der Waals surface area contributed by atoms with Gasteiger partial charge in [-0.3, -0.25) is 0 Å². The number of rotatable bonds is 2. The first-order chi connectivity index (χ1) is 6.32. The highest BCUT2D eigenvalue weighted by Crippen LogP contribution is 2.30. The van der Waals surface area contributed by atoms with E-state index in [9.17, 15) is 13.2 Å². The minimum Gasteiger partial charge on any atom is -0.206 e. The smallest absolute Gasteiger partial charge is 0.206 e. The molecule has 0 heterocycles. The summed E-state index contributed by atoms with van der Waals surface area (Å²) in [6.07, 6.45) is 0. The summed E-state index contributed by atoms with van der Waals surface area (Å²) in [5, 5.41) is 0. The molecule has 14 heavy (non-hydrogen) atoms. The highest BCUT2D eigenvalue weighted by atomic mass is 19.3. The van der Waals surface area contributed by atoms with Crippen LogP contribution in [0.4, 0.5) is 13.2 Å². The second kappa shape index (κ2) is 3.64. The van der Waals surface area contributed by atoms with Gasteiger partial charge in [0.15, 0.2) is 0 Å². The summed E-state index contributed by atoms with van der Waals surface area (Å²) in [6.45, 7) is 4.47. The van der Waals surface area contributed by atoms with Crippen LogP contribution in [0.3, 0.4) is 0 Å². The zero-order valence-corrected chi connectivity index (χ0v) is 8.44. The number of hydrogen-bond donors (Lipinski definition) is 0. The van der Waals surface area contributed by atoms with Crippen molar-refractivity contribution in [2.75, 3.05) is 0 Å². The first-order valence-corrected chi connectivity index (χ1v) is 4.50. The second-order valence-corrected chi connectivity index (χ2v) is 3.78. The van der Waals surface area contributed by atoms with Crippen molar-refractivity contribution in [2.24, 2.45) is 0 Å². The van der Waals surface area contributed by atoms with Crippen LogP contribution in [-0.2, 0) is 5.92 Å². The predicted molar refractivity (Wildman–Crippen MR) is 50.1 cm³/mol. The Balaban J connectivity index is 3.15. The molecule has 0 amide bonds. The summed E-state index contributed by atoms with van der Waals surface area (Å²) >= 11 is 0. The number of benzene rings is 1. The predicted octanol–water partition coefficient (Wildman–Crippen LogP) is 4.06. The average Bonchev–Trinajstić information content (AvgIpc) is 2.01. The van der Waals surface area contributed by atoms with Gasteiger partial charge in [-0.1, -0.05) is 19.9 Å². The van der Waals surface area contributed by atoms with Gasteiger partial charge in [0.05, 0.1) is 5.56 Å². The molecule has 0 saturated heterocycles. The van der Waals surface area contributed by atoms with E-state index in [-0.39, 0.29) is 5.92 Å². The molecule has 0 nitrogen and oxygen atoms in total. The zero-order chi connectivity index (χ0) is 10.9. The van der Waals surface area contributed by atoms with Gasteiger partial charge in [-0.2, -0.15) is 0 Å². The van der Waals surface area contributed by atoms with E-state index >= 15 is 0 Å². The third kappa shape index (κ3) is 2.28. The van der Waals surface area contributed by atoms with Gasteiger partial charge in [0.25, 0.3) is 5.92 Å². The first kappa shape index (κ1) is 11.1. The molecule has 1 aromatic rings. The molecule has 0 radical (unpaired) electrons. The van der Waals surface area contributed by atoms with Gasteiger partial charge in [-0.25, -0.2) is 13.2 Å². The van der Waals surface area contributed by atoms with Crippen molar-refractivity contribution in [3.8, 4) is 0 Å². The van der Waals surface area contributed by atoms with Crippen LogP contribution in [0.1, 0.15) is 37.8 Å². The molecule has 0 aliphatic rings. The fourth-order valence-corrected chi connectivity index (χ4v) is 1.25. The third-order valence-electron chi connectivity index (χ3n) is 2.13. The fraction of sp³-hybridized carbons (Fsp3) is 0.455. The lowest BCUT2D eigenvalue weighted by Gasteiger charge is -2.13. The maximum atomic E-state index is 13.2. The molecule has 1 aromatic carbocycles. The number of alkyl halides is 2. The SMILES string of the molecule is CC(C)c1ccc(C(C)(F)F)c(F)c1. The van der Waals surface area contributed by atoms with Crippen LogP contribution in [-0.4, -0.2) is 0 Å². The normalized spacial score (nSPS) is 12.2. The molecule has 1 rings (SSSR count). The van der Waals surface area contributed by atoms with E-state index in [0.29, 0.717) is 6.92 Å². The average molecular weight is 202 g/mol. The minimum atomic E-state index is -3.11. The highest BCUT2D eigenvalue weighted by Gasteiger charge is 2.28. The monoisotopic (exact) mass is 202 g/mol. The molecule has 3 heteroatoms. The van der Waals surface area contributed by atoms with Gasteiger partial charge >= 0.3 is 0 Å². The standard InChI is InChI=1S/C11H13F3/c1-7(2)8-4-5-9(10(12)6-8)11(3,13)14/h4-7H,1-3H3. The van der Waals surface area contributed by atoms with Crippen molar-refractivity contribution < 1.29 is 13.2 Å². The third-order valence-corrected chi connectivity index (χ3v) is 2.13. The Hall–Kier alpha value is -0.990. The summed E-state index contributed by atoms with van der Waals surface area (Å²) in [7, 11) is 0.